The lowest BCUT2D eigenvalue weighted by atomic mass is 9.55. The molecule has 53 heavy (non-hydrogen) atoms. The lowest BCUT2D eigenvalue weighted by molar-refractivity contribution is -0.374. The number of fused-ring (bicyclic) bond motifs is 5. The average molecular weight is 799 g/mol. The molecule has 5 rings (SSSR count). The first-order valence-corrected chi connectivity index (χ1v) is 21.3. The van der Waals surface area contributed by atoms with Gasteiger partial charge in [-0.2, -0.15) is 26.3 Å². The van der Waals surface area contributed by atoms with Gasteiger partial charge >= 0.3 is 12.4 Å². The summed E-state index contributed by atoms with van der Waals surface area (Å²) in [5.41, 5.74) is -1.44. The Labute approximate surface area is 320 Å². The van der Waals surface area contributed by atoms with Crippen molar-refractivity contribution in [3.05, 3.63) is 29.3 Å². The van der Waals surface area contributed by atoms with Crippen LogP contribution in [-0.4, -0.2) is 117 Å². The van der Waals surface area contributed by atoms with E-state index in [1.165, 1.54) is 11.1 Å². The molecule has 0 aromatic heterocycles. The molecule has 4 aliphatic rings. The largest absolute Gasteiger partial charge is 0.494 e. The highest BCUT2D eigenvalue weighted by molar-refractivity contribution is 8.76. The Bertz CT molecular complexity index is 1380. The number of methoxy groups -OCH3 is 1. The third-order valence-electron chi connectivity index (χ3n) is 12.5. The molecule has 3 aliphatic carbocycles. The number of nitrogens with one attached hydrogen (secondary N) is 1. The van der Waals surface area contributed by atoms with Crippen molar-refractivity contribution in [2.24, 2.45) is 17.3 Å². The summed E-state index contributed by atoms with van der Waals surface area (Å²) in [7, 11) is 7.25. The van der Waals surface area contributed by atoms with Crippen LogP contribution in [0.25, 0.3) is 0 Å². The summed E-state index contributed by atoms with van der Waals surface area (Å²) in [6.07, 6.45) is -3.02. The van der Waals surface area contributed by atoms with Crippen molar-refractivity contribution in [2.45, 2.75) is 114 Å². The quantitative estimate of drug-likeness (QED) is 0.0965. The van der Waals surface area contributed by atoms with Crippen LogP contribution < -0.4 is 10.1 Å². The van der Waals surface area contributed by atoms with Gasteiger partial charge in [0.1, 0.15) is 5.75 Å². The Morgan fingerprint density at radius 2 is 1.83 bits per heavy atom. The maximum atomic E-state index is 13.4. The highest BCUT2D eigenvalue weighted by Gasteiger charge is 2.69. The molecule has 7 atom stereocenters. The van der Waals surface area contributed by atoms with Crippen LogP contribution in [0.2, 0.25) is 0 Å². The number of alkyl halides is 6. The molecule has 302 valence electrons. The van der Waals surface area contributed by atoms with E-state index in [0.29, 0.717) is 30.4 Å². The zero-order chi connectivity index (χ0) is 39.3. The molecule has 2 saturated carbocycles. The number of hydrogen-bond acceptors (Lipinski definition) is 8. The van der Waals surface area contributed by atoms with Gasteiger partial charge in [-0.25, -0.2) is 0 Å². The van der Waals surface area contributed by atoms with Crippen LogP contribution in [0.3, 0.4) is 0 Å². The Morgan fingerprint density at radius 3 is 2.57 bits per heavy atom. The van der Waals surface area contributed by atoms with Gasteiger partial charge in [-0.05, 0) is 118 Å². The molecule has 15 heteroatoms. The number of hydrogen-bond donors (Lipinski definition) is 1. The second-order valence-electron chi connectivity index (χ2n) is 15.8. The highest BCUT2D eigenvalue weighted by atomic mass is 33.1. The van der Waals surface area contributed by atoms with E-state index in [4.69, 9.17) is 10.8 Å². The van der Waals surface area contributed by atoms with Gasteiger partial charge in [0.15, 0.2) is 0 Å². The zero-order valence-corrected chi connectivity index (χ0v) is 33.0. The molecule has 0 radical (unpaired) electrons. The van der Waals surface area contributed by atoms with Gasteiger partial charge in [0.25, 0.3) is 5.60 Å². The first-order chi connectivity index (χ1) is 25.5. The van der Waals surface area contributed by atoms with Crippen molar-refractivity contribution in [3.63, 3.8) is 0 Å². The standard InChI is InChI=1S/C38H57F6N3O4S2/c1-35-15-14-30-29-11-9-27(50-17-7-19-52-53-24-26-21-28(49-5)22-45-26)20-25(29)8-10-31(30)32(35)12-13-33(35)47(4)34(48)23-46(3)16-6-18-51-36(2,37(39,40)41)38(42,43)44/h9,11,20,26,28,30-33,45H,6-8,10,12-19,21-24H2,1-5H3/t26-,28+,30?,31?,32?,33+,35+/m1/s1/i5D. The van der Waals surface area contributed by atoms with Gasteiger partial charge in [-0.3, -0.25) is 9.69 Å². The second kappa shape index (κ2) is 17.8. The van der Waals surface area contributed by atoms with Crippen LogP contribution in [0.15, 0.2) is 18.2 Å². The Kier molecular flexibility index (Phi) is 13.9. The maximum Gasteiger partial charge on any atom is 0.426 e. The second-order valence-corrected chi connectivity index (χ2v) is 18.5. The molecule has 1 aromatic carbocycles. The Hall–Kier alpha value is -1.39. The van der Waals surface area contributed by atoms with Crippen molar-refractivity contribution in [1.29, 1.82) is 0 Å². The Morgan fingerprint density at radius 1 is 1.06 bits per heavy atom. The lowest BCUT2D eigenvalue weighted by Gasteiger charge is -2.52. The van der Waals surface area contributed by atoms with Gasteiger partial charge < -0.3 is 24.4 Å². The molecule has 1 amide bonds. The third kappa shape index (κ3) is 9.77. The molecule has 1 heterocycles. The summed E-state index contributed by atoms with van der Waals surface area (Å²) in [6, 6.07) is 7.15. The van der Waals surface area contributed by atoms with Crippen LogP contribution >= 0.6 is 21.6 Å². The summed E-state index contributed by atoms with van der Waals surface area (Å²) in [6.45, 7) is 3.25. The fourth-order valence-corrected chi connectivity index (χ4v) is 11.7. The summed E-state index contributed by atoms with van der Waals surface area (Å²) < 4.78 is 102. The van der Waals surface area contributed by atoms with E-state index in [1.54, 1.807) is 11.9 Å². The molecule has 1 saturated heterocycles. The van der Waals surface area contributed by atoms with E-state index >= 15 is 0 Å². The highest BCUT2D eigenvalue weighted by Crippen LogP contribution is 2.62. The monoisotopic (exact) mass is 798 g/mol. The topological polar surface area (TPSA) is 63.3 Å². The minimum Gasteiger partial charge on any atom is -0.494 e. The van der Waals surface area contributed by atoms with Crippen LogP contribution in [0.1, 0.15) is 83.6 Å². The van der Waals surface area contributed by atoms with E-state index in [9.17, 15) is 31.1 Å². The molecule has 1 aliphatic heterocycles. The normalized spacial score (nSPS) is 29.1. The number of likely N-dealkylation sites (N-methyl/N-ethyl adjacent to an activating group) is 2. The SMILES string of the molecule is [2H]CO[C@@H]1CN[C@@H](CSSCCCOc2ccc3c(c2)CCC2C3CC[C@@]3(C)C2CC[C@@H]3N(C)C(=O)CN(C)CCCOC(C)(C(F)(F)F)C(F)(F)F)C1. The molecular formula is C38H57F6N3O4S2. The minimum atomic E-state index is -5.60. The van der Waals surface area contributed by atoms with E-state index in [0.717, 1.165) is 75.2 Å². The number of amides is 1. The minimum absolute atomic E-state index is 0.00397. The molecular weight excluding hydrogens is 741 g/mol. The van der Waals surface area contributed by atoms with E-state index in [2.05, 4.69) is 35.2 Å². The predicted molar refractivity (Wildman–Crippen MR) is 198 cm³/mol. The van der Waals surface area contributed by atoms with Crippen LogP contribution in [0.4, 0.5) is 26.3 Å². The van der Waals surface area contributed by atoms with E-state index < -0.39 is 24.6 Å². The summed E-state index contributed by atoms with van der Waals surface area (Å²) in [5.74, 6) is 4.40. The number of halogens is 6. The number of nitrogens with zero attached hydrogens (tertiary/aromatic N) is 2. The van der Waals surface area contributed by atoms with Gasteiger partial charge in [0.2, 0.25) is 5.91 Å². The maximum absolute atomic E-state index is 13.4. The molecule has 0 bridgehead atoms. The van der Waals surface area contributed by atoms with E-state index in [1.807, 2.05) is 33.5 Å². The molecule has 3 fully saturated rings. The predicted octanol–water partition coefficient (Wildman–Crippen LogP) is 8.12. The average Bonchev–Trinajstić information content (AvgIpc) is 3.71. The van der Waals surface area contributed by atoms with E-state index in [-0.39, 0.29) is 57.0 Å². The summed E-state index contributed by atoms with van der Waals surface area (Å²) in [5, 5.41) is 3.47. The summed E-state index contributed by atoms with van der Waals surface area (Å²) in [4.78, 5) is 16.9. The zero-order valence-electron chi connectivity index (χ0n) is 32.3. The molecule has 7 nitrogen and oxygen atoms in total. The number of rotatable bonds is 17. The number of ether oxygens (including phenoxy) is 3. The van der Waals surface area contributed by atoms with Crippen molar-refractivity contribution in [3.8, 4) is 5.75 Å². The van der Waals surface area contributed by atoms with Crippen molar-refractivity contribution < 1.29 is 46.7 Å². The van der Waals surface area contributed by atoms with Crippen molar-refractivity contribution in [1.82, 2.24) is 15.1 Å². The molecule has 0 spiro atoms. The van der Waals surface area contributed by atoms with Gasteiger partial charge in [0, 0.05) is 57.4 Å². The molecule has 3 unspecified atom stereocenters. The smallest absolute Gasteiger partial charge is 0.426 e. The summed E-state index contributed by atoms with van der Waals surface area (Å²) >= 11 is 0. The molecule has 1 aromatic rings. The fraction of sp³-hybridized carbons (Fsp3) is 0.816. The van der Waals surface area contributed by atoms with Gasteiger partial charge in [0.05, 0.1) is 20.6 Å². The van der Waals surface area contributed by atoms with Crippen molar-refractivity contribution in [2.75, 3.05) is 65.5 Å². The fourth-order valence-electron chi connectivity index (χ4n) is 9.32. The third-order valence-corrected chi connectivity index (χ3v) is 15.1. The number of carbonyl (C=O) groups is 1. The lowest BCUT2D eigenvalue weighted by Crippen LogP contribution is -2.56. The number of carbonyl (C=O) groups excluding carboxylic acids is 1. The number of benzene rings is 1. The molecule has 1 N–H and O–H groups in total. The van der Waals surface area contributed by atoms with Crippen molar-refractivity contribution >= 4 is 27.5 Å². The van der Waals surface area contributed by atoms with Gasteiger partial charge in [-0.1, -0.05) is 34.6 Å². The van der Waals surface area contributed by atoms with Gasteiger partial charge in [-0.15, -0.1) is 0 Å². The van der Waals surface area contributed by atoms with Crippen LogP contribution in [0, 0.1) is 17.3 Å². The first-order valence-electron chi connectivity index (χ1n) is 19.5. The Balaban J connectivity index is 1.04. The first kappa shape index (κ1) is 41.2. The van der Waals surface area contributed by atoms with Crippen LogP contribution in [0.5, 0.6) is 5.75 Å². The van der Waals surface area contributed by atoms with Crippen LogP contribution in [-0.2, 0) is 20.7 Å². The number of aryl methyl sites for hydroxylation is 1.